The van der Waals surface area contributed by atoms with E-state index in [1.807, 2.05) is 0 Å². The summed E-state index contributed by atoms with van der Waals surface area (Å²) in [5.41, 5.74) is 4.30. The number of fused-ring (bicyclic) bond motifs is 1. The average molecular weight is 394 g/mol. The molecule has 1 unspecified atom stereocenters. The predicted octanol–water partition coefficient (Wildman–Crippen LogP) is 6.33. The van der Waals surface area contributed by atoms with E-state index >= 15 is 0 Å². The van der Waals surface area contributed by atoms with E-state index in [1.165, 1.54) is 31.2 Å². The summed E-state index contributed by atoms with van der Waals surface area (Å²) < 4.78 is 8.45. The number of benzene rings is 1. The molecule has 0 saturated heterocycles. The highest BCUT2D eigenvalue weighted by Crippen LogP contribution is 2.24. The second kappa shape index (κ2) is 10.4. The van der Waals surface area contributed by atoms with Crippen molar-refractivity contribution in [1.82, 2.24) is 14.3 Å². The number of aromatic nitrogens is 2. The molecule has 0 saturated carbocycles. The van der Waals surface area contributed by atoms with E-state index in [9.17, 15) is 0 Å². The molecule has 2 heterocycles. The largest absolute Gasteiger partial charge is 0.475 e. The number of imidazole rings is 1. The highest BCUT2D eigenvalue weighted by molar-refractivity contribution is 5.63. The molecule has 0 fully saturated rings. The fraction of sp³-hybridized carbons (Fsp3) is 0.480. The van der Waals surface area contributed by atoms with Crippen molar-refractivity contribution < 1.29 is 4.74 Å². The van der Waals surface area contributed by atoms with Crippen molar-refractivity contribution in [2.75, 3.05) is 13.1 Å². The zero-order chi connectivity index (χ0) is 20.6. The van der Waals surface area contributed by atoms with Gasteiger partial charge < -0.3 is 9.14 Å². The molecule has 4 heteroatoms. The lowest BCUT2D eigenvalue weighted by Gasteiger charge is -2.31. The van der Waals surface area contributed by atoms with Gasteiger partial charge >= 0.3 is 0 Å². The van der Waals surface area contributed by atoms with Gasteiger partial charge in [0.1, 0.15) is 11.4 Å². The summed E-state index contributed by atoms with van der Waals surface area (Å²) in [6.45, 7) is 11.0. The Hall–Kier alpha value is -2.33. The van der Waals surface area contributed by atoms with Crippen LogP contribution in [0.15, 0.2) is 48.8 Å². The van der Waals surface area contributed by atoms with Gasteiger partial charge in [0, 0.05) is 31.0 Å². The molecule has 1 aromatic carbocycles. The van der Waals surface area contributed by atoms with E-state index in [0.717, 1.165) is 42.2 Å². The van der Waals surface area contributed by atoms with Crippen molar-refractivity contribution >= 4 is 5.65 Å². The van der Waals surface area contributed by atoms with Crippen LogP contribution in [0.2, 0.25) is 0 Å². The molecule has 0 aliphatic carbocycles. The molecule has 156 valence electrons. The lowest BCUT2D eigenvalue weighted by Crippen LogP contribution is -2.40. The highest BCUT2D eigenvalue weighted by atomic mass is 16.5. The summed E-state index contributed by atoms with van der Waals surface area (Å²) >= 11 is 0. The Morgan fingerprint density at radius 1 is 1.00 bits per heavy atom. The number of hydrogen-bond donors (Lipinski definition) is 0. The minimum atomic E-state index is 0.136. The summed E-state index contributed by atoms with van der Waals surface area (Å²) in [5, 5.41) is 0. The SMILES string of the molecule is CCCCN(CCCC)C(CC)Oc1ccc(-c2cn3ccc(C)cc3n2)cc1. The van der Waals surface area contributed by atoms with Crippen LogP contribution in [0.25, 0.3) is 16.9 Å². The fourth-order valence-corrected chi connectivity index (χ4v) is 3.62. The first-order chi connectivity index (χ1) is 14.1. The maximum atomic E-state index is 6.39. The molecular weight excluding hydrogens is 358 g/mol. The van der Waals surface area contributed by atoms with Crippen LogP contribution in [0.3, 0.4) is 0 Å². The van der Waals surface area contributed by atoms with E-state index in [2.05, 4.69) is 85.8 Å². The minimum absolute atomic E-state index is 0.136. The van der Waals surface area contributed by atoms with E-state index < -0.39 is 0 Å². The van der Waals surface area contributed by atoms with Crippen molar-refractivity contribution in [1.29, 1.82) is 0 Å². The van der Waals surface area contributed by atoms with Crippen molar-refractivity contribution in [2.45, 2.75) is 66.0 Å². The summed E-state index contributed by atoms with van der Waals surface area (Å²) in [5.74, 6) is 0.929. The molecule has 0 radical (unpaired) electrons. The molecule has 0 aliphatic rings. The van der Waals surface area contributed by atoms with Crippen LogP contribution < -0.4 is 4.74 Å². The number of pyridine rings is 1. The molecule has 1 atom stereocenters. The Morgan fingerprint density at radius 3 is 2.31 bits per heavy atom. The molecule has 0 amide bonds. The summed E-state index contributed by atoms with van der Waals surface area (Å²) in [6, 6.07) is 12.6. The topological polar surface area (TPSA) is 29.8 Å². The molecule has 0 spiro atoms. The van der Waals surface area contributed by atoms with Crippen LogP contribution >= 0.6 is 0 Å². The van der Waals surface area contributed by atoms with E-state index in [-0.39, 0.29) is 6.23 Å². The van der Waals surface area contributed by atoms with Crippen molar-refractivity contribution in [3.8, 4) is 17.0 Å². The zero-order valence-electron chi connectivity index (χ0n) is 18.4. The highest BCUT2D eigenvalue weighted by Gasteiger charge is 2.17. The third-order valence-corrected chi connectivity index (χ3v) is 5.39. The summed E-state index contributed by atoms with van der Waals surface area (Å²) in [6.07, 6.45) is 10.1. The lowest BCUT2D eigenvalue weighted by atomic mass is 10.1. The normalized spacial score (nSPS) is 12.6. The number of rotatable bonds is 11. The first kappa shape index (κ1) is 21.4. The molecule has 0 bridgehead atoms. The number of hydrogen-bond acceptors (Lipinski definition) is 3. The second-order valence-electron chi connectivity index (χ2n) is 7.84. The number of aryl methyl sites for hydroxylation is 1. The molecule has 0 aliphatic heterocycles. The Kier molecular flexibility index (Phi) is 7.70. The monoisotopic (exact) mass is 393 g/mol. The van der Waals surface area contributed by atoms with Gasteiger partial charge in [0.2, 0.25) is 0 Å². The standard InChI is InChI=1S/C25H35N3O/c1-5-8-15-27(16-9-6-2)25(7-3)29-22-12-10-21(11-13-22)23-19-28-17-14-20(4)18-24(28)26-23/h10-14,17-19,25H,5-9,15-16H2,1-4H3. The first-order valence-electron chi connectivity index (χ1n) is 11.1. The number of ether oxygens (including phenoxy) is 1. The first-order valence-corrected chi connectivity index (χ1v) is 11.1. The van der Waals surface area contributed by atoms with Gasteiger partial charge in [-0.2, -0.15) is 0 Å². The van der Waals surface area contributed by atoms with Crippen LogP contribution in [-0.2, 0) is 0 Å². The Balaban J connectivity index is 1.71. The van der Waals surface area contributed by atoms with Crippen molar-refractivity contribution in [2.24, 2.45) is 0 Å². The van der Waals surface area contributed by atoms with Crippen molar-refractivity contribution in [3.05, 3.63) is 54.4 Å². The molecule has 3 rings (SSSR count). The zero-order valence-corrected chi connectivity index (χ0v) is 18.4. The second-order valence-corrected chi connectivity index (χ2v) is 7.84. The maximum absolute atomic E-state index is 6.39. The Morgan fingerprint density at radius 2 is 1.69 bits per heavy atom. The molecule has 4 nitrogen and oxygen atoms in total. The molecular formula is C25H35N3O. The van der Waals surface area contributed by atoms with Gasteiger partial charge in [0.15, 0.2) is 6.23 Å². The smallest absolute Gasteiger partial charge is 0.152 e. The van der Waals surface area contributed by atoms with Gasteiger partial charge in [0.05, 0.1) is 5.69 Å². The molecule has 2 aromatic heterocycles. The van der Waals surface area contributed by atoms with Gasteiger partial charge in [-0.3, -0.25) is 4.90 Å². The van der Waals surface area contributed by atoms with E-state index in [1.54, 1.807) is 0 Å². The van der Waals surface area contributed by atoms with Gasteiger partial charge in [-0.05, 0) is 68.1 Å². The fourth-order valence-electron chi connectivity index (χ4n) is 3.62. The lowest BCUT2D eigenvalue weighted by molar-refractivity contribution is 0.0202. The van der Waals surface area contributed by atoms with Crippen LogP contribution in [-0.4, -0.2) is 33.6 Å². The van der Waals surface area contributed by atoms with Crippen LogP contribution in [0.5, 0.6) is 5.75 Å². The van der Waals surface area contributed by atoms with Crippen LogP contribution in [0.1, 0.15) is 58.4 Å². The van der Waals surface area contributed by atoms with Gasteiger partial charge in [-0.25, -0.2) is 4.98 Å². The summed E-state index contributed by atoms with van der Waals surface area (Å²) in [7, 11) is 0. The Labute approximate surface area is 175 Å². The quantitative estimate of drug-likeness (QED) is 0.357. The molecule has 3 aromatic rings. The number of unbranched alkanes of at least 4 members (excludes halogenated alkanes) is 2. The Bertz CT molecular complexity index is 877. The van der Waals surface area contributed by atoms with Crippen LogP contribution in [0, 0.1) is 6.92 Å². The summed E-state index contributed by atoms with van der Waals surface area (Å²) in [4.78, 5) is 7.27. The van der Waals surface area contributed by atoms with E-state index in [0.29, 0.717) is 0 Å². The number of nitrogens with zero attached hydrogens (tertiary/aromatic N) is 3. The van der Waals surface area contributed by atoms with Gasteiger partial charge in [0.25, 0.3) is 0 Å². The molecule has 0 N–H and O–H groups in total. The predicted molar refractivity (Wildman–Crippen MR) is 121 cm³/mol. The third-order valence-electron chi connectivity index (χ3n) is 5.39. The third kappa shape index (κ3) is 5.60. The van der Waals surface area contributed by atoms with Crippen LogP contribution in [0.4, 0.5) is 0 Å². The van der Waals surface area contributed by atoms with Crippen molar-refractivity contribution in [3.63, 3.8) is 0 Å². The maximum Gasteiger partial charge on any atom is 0.152 e. The molecule has 29 heavy (non-hydrogen) atoms. The van der Waals surface area contributed by atoms with Gasteiger partial charge in [-0.1, -0.05) is 33.6 Å². The van der Waals surface area contributed by atoms with E-state index in [4.69, 9.17) is 9.72 Å². The average Bonchev–Trinajstić information content (AvgIpc) is 3.16. The van der Waals surface area contributed by atoms with Gasteiger partial charge in [-0.15, -0.1) is 0 Å². The minimum Gasteiger partial charge on any atom is -0.475 e.